The summed E-state index contributed by atoms with van der Waals surface area (Å²) in [6.45, 7) is 4.93. The van der Waals surface area contributed by atoms with Gasteiger partial charge in [-0.25, -0.2) is 0 Å². The molecule has 0 aliphatic carbocycles. The number of rotatable bonds is 15. The summed E-state index contributed by atoms with van der Waals surface area (Å²) in [6, 6.07) is 0. The van der Waals surface area contributed by atoms with Crippen LogP contribution in [-0.4, -0.2) is 23.5 Å². The van der Waals surface area contributed by atoms with Gasteiger partial charge in [-0.2, -0.15) is 0 Å². The molecule has 0 aromatic carbocycles. The summed E-state index contributed by atoms with van der Waals surface area (Å²) in [5.74, 6) is -1.49. The lowest BCUT2D eigenvalue weighted by Crippen LogP contribution is -2.29. The minimum atomic E-state index is -0.839. The molecule has 0 spiro atoms. The van der Waals surface area contributed by atoms with Gasteiger partial charge in [0.25, 0.3) is 0 Å². The zero-order chi connectivity index (χ0) is 16.6. The summed E-state index contributed by atoms with van der Waals surface area (Å²) in [5.41, 5.74) is 0. The molecule has 0 saturated carbocycles. The summed E-state index contributed by atoms with van der Waals surface area (Å²) in [7, 11) is 0. The molecular formula is C18H35NO3. The Morgan fingerprint density at radius 2 is 1.41 bits per heavy atom. The van der Waals surface area contributed by atoms with Crippen LogP contribution in [0, 0.1) is 5.92 Å². The highest BCUT2D eigenvalue weighted by atomic mass is 16.4. The van der Waals surface area contributed by atoms with Gasteiger partial charge in [-0.05, 0) is 12.8 Å². The molecular weight excluding hydrogens is 278 g/mol. The molecule has 0 heterocycles. The predicted octanol–water partition coefficient (Wildman–Crippen LogP) is 4.52. The Bertz CT molecular complexity index is 292. The lowest BCUT2D eigenvalue weighted by molar-refractivity contribution is -0.144. The number of carboxylic acids is 1. The van der Waals surface area contributed by atoms with Gasteiger partial charge in [0.05, 0.1) is 5.92 Å². The minimum absolute atomic E-state index is 0.121. The lowest BCUT2D eigenvalue weighted by Gasteiger charge is -2.12. The van der Waals surface area contributed by atoms with Gasteiger partial charge in [0.15, 0.2) is 0 Å². The number of carbonyl (C=O) groups excluding carboxylic acids is 1. The van der Waals surface area contributed by atoms with Crippen LogP contribution < -0.4 is 5.32 Å². The maximum Gasteiger partial charge on any atom is 0.307 e. The van der Waals surface area contributed by atoms with Gasteiger partial charge in [0, 0.05) is 13.0 Å². The van der Waals surface area contributed by atoms with Crippen LogP contribution in [0.3, 0.4) is 0 Å². The molecule has 0 bridgehead atoms. The standard InChI is InChI=1S/C18H35NO3/c1-3-5-7-8-9-10-11-12-13-16(18(21)22)15-17(20)19-14-6-4-2/h16H,3-15H2,1-2H3,(H,19,20)(H,21,22). The summed E-state index contributed by atoms with van der Waals surface area (Å²) < 4.78 is 0. The first-order valence-corrected chi connectivity index (χ1v) is 9.11. The molecule has 0 aromatic heterocycles. The van der Waals surface area contributed by atoms with Gasteiger partial charge in [-0.3, -0.25) is 9.59 Å². The van der Waals surface area contributed by atoms with Crippen molar-refractivity contribution in [2.24, 2.45) is 5.92 Å². The number of hydrogen-bond acceptors (Lipinski definition) is 2. The Morgan fingerprint density at radius 3 is 1.95 bits per heavy atom. The second-order valence-corrected chi connectivity index (χ2v) is 6.21. The summed E-state index contributed by atoms with van der Waals surface area (Å²) in [6.07, 6.45) is 12.3. The van der Waals surface area contributed by atoms with E-state index in [2.05, 4.69) is 19.2 Å². The highest BCUT2D eigenvalue weighted by molar-refractivity contribution is 5.82. The van der Waals surface area contributed by atoms with Crippen molar-refractivity contribution < 1.29 is 14.7 Å². The normalized spacial score (nSPS) is 12.1. The molecule has 130 valence electrons. The van der Waals surface area contributed by atoms with Crippen molar-refractivity contribution in [3.05, 3.63) is 0 Å². The van der Waals surface area contributed by atoms with Crippen molar-refractivity contribution in [1.29, 1.82) is 0 Å². The van der Waals surface area contributed by atoms with E-state index < -0.39 is 11.9 Å². The minimum Gasteiger partial charge on any atom is -0.481 e. The van der Waals surface area contributed by atoms with Gasteiger partial charge in [0.1, 0.15) is 0 Å². The number of nitrogens with one attached hydrogen (secondary N) is 1. The first-order chi connectivity index (χ1) is 10.6. The molecule has 0 aliphatic heterocycles. The second kappa shape index (κ2) is 14.9. The summed E-state index contributed by atoms with van der Waals surface area (Å²) in [5, 5.41) is 12.0. The van der Waals surface area contributed by atoms with Crippen molar-refractivity contribution in [3.63, 3.8) is 0 Å². The molecule has 22 heavy (non-hydrogen) atoms. The van der Waals surface area contributed by atoms with E-state index in [0.717, 1.165) is 25.7 Å². The van der Waals surface area contributed by atoms with Crippen LogP contribution in [0.5, 0.6) is 0 Å². The van der Waals surface area contributed by atoms with E-state index in [9.17, 15) is 14.7 Å². The van der Waals surface area contributed by atoms with E-state index in [1.54, 1.807) is 0 Å². The maximum atomic E-state index is 11.7. The smallest absolute Gasteiger partial charge is 0.307 e. The average molecular weight is 313 g/mol. The Hall–Kier alpha value is -1.06. The van der Waals surface area contributed by atoms with Crippen LogP contribution >= 0.6 is 0 Å². The molecule has 1 atom stereocenters. The van der Waals surface area contributed by atoms with E-state index >= 15 is 0 Å². The van der Waals surface area contributed by atoms with E-state index in [1.807, 2.05) is 0 Å². The molecule has 0 radical (unpaired) electrons. The molecule has 4 heteroatoms. The van der Waals surface area contributed by atoms with Crippen molar-refractivity contribution in [1.82, 2.24) is 5.32 Å². The fourth-order valence-corrected chi connectivity index (χ4v) is 2.54. The van der Waals surface area contributed by atoms with Crippen molar-refractivity contribution in [2.45, 2.75) is 90.9 Å². The molecule has 4 nitrogen and oxygen atoms in total. The topological polar surface area (TPSA) is 66.4 Å². The van der Waals surface area contributed by atoms with E-state index in [-0.39, 0.29) is 12.3 Å². The van der Waals surface area contributed by atoms with Gasteiger partial charge < -0.3 is 10.4 Å². The van der Waals surface area contributed by atoms with E-state index in [1.165, 1.54) is 38.5 Å². The Labute approximate surface area is 136 Å². The third-order valence-electron chi connectivity index (χ3n) is 4.04. The van der Waals surface area contributed by atoms with E-state index in [4.69, 9.17) is 0 Å². The molecule has 1 amide bonds. The molecule has 2 N–H and O–H groups in total. The number of aliphatic carboxylic acids is 1. The number of hydrogen-bond donors (Lipinski definition) is 2. The van der Waals surface area contributed by atoms with E-state index in [0.29, 0.717) is 13.0 Å². The highest BCUT2D eigenvalue weighted by Crippen LogP contribution is 2.16. The monoisotopic (exact) mass is 313 g/mol. The first-order valence-electron chi connectivity index (χ1n) is 9.11. The predicted molar refractivity (Wildman–Crippen MR) is 90.9 cm³/mol. The van der Waals surface area contributed by atoms with Gasteiger partial charge in [0.2, 0.25) is 5.91 Å². The SMILES string of the molecule is CCCCCCCCCCC(CC(=O)NCCCC)C(=O)O. The second-order valence-electron chi connectivity index (χ2n) is 6.21. The molecule has 0 aromatic rings. The van der Waals surface area contributed by atoms with Crippen molar-refractivity contribution >= 4 is 11.9 Å². The highest BCUT2D eigenvalue weighted by Gasteiger charge is 2.20. The third-order valence-corrected chi connectivity index (χ3v) is 4.04. The van der Waals surface area contributed by atoms with Gasteiger partial charge >= 0.3 is 5.97 Å². The maximum absolute atomic E-state index is 11.7. The van der Waals surface area contributed by atoms with Gasteiger partial charge in [-0.1, -0.05) is 71.6 Å². The zero-order valence-electron chi connectivity index (χ0n) is 14.5. The van der Waals surface area contributed by atoms with Crippen molar-refractivity contribution in [2.75, 3.05) is 6.54 Å². The largest absolute Gasteiger partial charge is 0.481 e. The van der Waals surface area contributed by atoms with Crippen molar-refractivity contribution in [3.8, 4) is 0 Å². The molecule has 0 fully saturated rings. The van der Waals surface area contributed by atoms with Crippen LogP contribution in [0.15, 0.2) is 0 Å². The Kier molecular flexibility index (Phi) is 14.1. The van der Waals surface area contributed by atoms with Gasteiger partial charge in [-0.15, -0.1) is 0 Å². The number of amides is 1. The lowest BCUT2D eigenvalue weighted by atomic mass is 9.96. The van der Waals surface area contributed by atoms with Crippen LogP contribution in [0.1, 0.15) is 90.9 Å². The molecule has 0 rings (SSSR count). The molecule has 0 saturated heterocycles. The third kappa shape index (κ3) is 12.7. The Balaban J connectivity index is 3.72. The fourth-order valence-electron chi connectivity index (χ4n) is 2.54. The van der Waals surface area contributed by atoms with Crippen LogP contribution in [-0.2, 0) is 9.59 Å². The average Bonchev–Trinajstić information content (AvgIpc) is 2.48. The molecule has 1 unspecified atom stereocenters. The number of unbranched alkanes of at least 4 members (excludes halogenated alkanes) is 8. The van der Waals surface area contributed by atoms with Crippen LogP contribution in [0.25, 0.3) is 0 Å². The quantitative estimate of drug-likeness (QED) is 0.437. The van der Waals surface area contributed by atoms with Crippen LogP contribution in [0.4, 0.5) is 0 Å². The fraction of sp³-hybridized carbons (Fsp3) is 0.889. The number of carboxylic acid groups (broad SMARTS) is 1. The zero-order valence-corrected chi connectivity index (χ0v) is 14.5. The Morgan fingerprint density at radius 1 is 0.864 bits per heavy atom. The molecule has 0 aliphatic rings. The first kappa shape index (κ1) is 20.9. The summed E-state index contributed by atoms with van der Waals surface area (Å²) in [4.78, 5) is 22.9. The summed E-state index contributed by atoms with van der Waals surface area (Å²) >= 11 is 0. The number of carbonyl (C=O) groups is 2. The van der Waals surface area contributed by atoms with Crippen LogP contribution in [0.2, 0.25) is 0 Å².